The second-order valence-corrected chi connectivity index (χ2v) is 13.5. The molecule has 4 nitrogen and oxygen atoms in total. The minimum absolute atomic E-state index is 0.132. The number of allylic oxidation sites excluding steroid dienone is 1. The molecule has 4 heteroatoms. The van der Waals surface area contributed by atoms with E-state index in [9.17, 15) is 15.0 Å². The van der Waals surface area contributed by atoms with Crippen molar-refractivity contribution in [2.24, 2.45) is 40.4 Å². The Balaban J connectivity index is 1.21. The van der Waals surface area contributed by atoms with E-state index < -0.39 is 5.60 Å². The van der Waals surface area contributed by atoms with Crippen molar-refractivity contribution in [3.63, 3.8) is 0 Å². The molecule has 1 saturated heterocycles. The highest BCUT2D eigenvalue weighted by Gasteiger charge is 2.59. The van der Waals surface area contributed by atoms with Crippen molar-refractivity contribution in [2.45, 2.75) is 110 Å². The Kier molecular flexibility index (Phi) is 6.67. The molecule has 35 heavy (non-hydrogen) atoms. The van der Waals surface area contributed by atoms with Crippen LogP contribution in [0, 0.1) is 52.8 Å². The van der Waals surface area contributed by atoms with Gasteiger partial charge in [0.2, 0.25) is 5.91 Å². The highest BCUT2D eigenvalue weighted by molar-refractivity contribution is 5.76. The van der Waals surface area contributed by atoms with Gasteiger partial charge in [-0.3, -0.25) is 4.79 Å². The zero-order chi connectivity index (χ0) is 25.0. The Morgan fingerprint density at radius 3 is 2.60 bits per heavy atom. The van der Waals surface area contributed by atoms with Gasteiger partial charge in [0.25, 0.3) is 0 Å². The van der Waals surface area contributed by atoms with E-state index in [0.29, 0.717) is 55.0 Å². The molecular weight excluding hydrogens is 434 g/mol. The number of fused-ring (bicyclic) bond motifs is 5. The third-order valence-electron chi connectivity index (χ3n) is 11.9. The smallest absolute Gasteiger partial charge is 0.222 e. The van der Waals surface area contributed by atoms with E-state index in [4.69, 9.17) is 6.42 Å². The summed E-state index contributed by atoms with van der Waals surface area (Å²) in [7, 11) is 0. The number of likely N-dealkylation sites (tertiary alicyclic amines) is 1. The van der Waals surface area contributed by atoms with Gasteiger partial charge in [0, 0.05) is 32.4 Å². The van der Waals surface area contributed by atoms with Crippen molar-refractivity contribution in [2.75, 3.05) is 13.1 Å². The van der Waals surface area contributed by atoms with Crippen molar-refractivity contribution in [3.05, 3.63) is 11.6 Å². The Morgan fingerprint density at radius 2 is 1.89 bits per heavy atom. The first kappa shape index (κ1) is 25.3. The maximum Gasteiger partial charge on any atom is 0.222 e. The lowest BCUT2D eigenvalue weighted by molar-refractivity contribution is -0.134. The minimum Gasteiger partial charge on any atom is -0.393 e. The molecule has 0 radical (unpaired) electrons. The third kappa shape index (κ3) is 4.29. The highest BCUT2D eigenvalue weighted by Crippen LogP contribution is 2.67. The standard InChI is InChI=1S/C31H47NO3/c1-5-31(35)16-18-32(19-17-31)28(34)11-6-21(2)25-9-10-26-24-8-7-22-20-23(33)12-14-29(22,3)27(24)13-15-30(25,26)4/h1,7,21,23-27,33,35H,6,8-20H2,2-4H3/t21-,23+,24+,25-,26+,27+,29+,30-/m1/s1. The third-order valence-corrected chi connectivity index (χ3v) is 11.9. The molecule has 0 aromatic carbocycles. The first-order valence-electron chi connectivity index (χ1n) is 14.5. The largest absolute Gasteiger partial charge is 0.393 e. The Hall–Kier alpha value is -1.31. The van der Waals surface area contributed by atoms with Crippen LogP contribution in [0.2, 0.25) is 0 Å². The molecule has 0 bridgehead atoms. The molecule has 0 aromatic rings. The van der Waals surface area contributed by atoms with Crippen LogP contribution in [-0.2, 0) is 4.79 Å². The average molecular weight is 482 g/mol. The van der Waals surface area contributed by atoms with E-state index in [0.717, 1.165) is 43.4 Å². The predicted octanol–water partition coefficient (Wildman–Crippen LogP) is 5.33. The van der Waals surface area contributed by atoms with Crippen LogP contribution in [0.25, 0.3) is 0 Å². The number of amides is 1. The fourth-order valence-electron chi connectivity index (χ4n) is 9.60. The Morgan fingerprint density at radius 1 is 1.14 bits per heavy atom. The molecule has 4 aliphatic carbocycles. The van der Waals surface area contributed by atoms with Crippen molar-refractivity contribution in [3.8, 4) is 12.3 Å². The molecule has 0 aromatic heterocycles. The molecular formula is C31H47NO3. The first-order chi connectivity index (χ1) is 16.6. The molecule has 4 fully saturated rings. The number of aliphatic hydroxyl groups excluding tert-OH is 1. The average Bonchev–Trinajstić information content (AvgIpc) is 3.20. The van der Waals surface area contributed by atoms with Crippen LogP contribution in [0.3, 0.4) is 0 Å². The number of aliphatic hydroxyl groups is 2. The fourth-order valence-corrected chi connectivity index (χ4v) is 9.60. The van der Waals surface area contributed by atoms with E-state index in [1.807, 2.05) is 4.90 Å². The minimum atomic E-state index is -1.03. The monoisotopic (exact) mass is 481 g/mol. The van der Waals surface area contributed by atoms with Gasteiger partial charge in [-0.1, -0.05) is 38.3 Å². The fraction of sp³-hybridized carbons (Fsp3) is 0.839. The van der Waals surface area contributed by atoms with Gasteiger partial charge >= 0.3 is 0 Å². The zero-order valence-electron chi connectivity index (χ0n) is 22.3. The predicted molar refractivity (Wildman–Crippen MR) is 139 cm³/mol. The quantitative estimate of drug-likeness (QED) is 0.421. The van der Waals surface area contributed by atoms with Gasteiger partial charge in [-0.15, -0.1) is 6.42 Å². The number of piperidine rings is 1. The molecule has 1 aliphatic heterocycles. The molecule has 0 unspecified atom stereocenters. The van der Waals surface area contributed by atoms with Gasteiger partial charge in [-0.05, 0) is 98.2 Å². The van der Waals surface area contributed by atoms with Crippen LogP contribution in [-0.4, -0.2) is 45.8 Å². The van der Waals surface area contributed by atoms with Crippen LogP contribution in [0.1, 0.15) is 97.8 Å². The molecule has 0 spiro atoms. The molecule has 3 saturated carbocycles. The summed E-state index contributed by atoms with van der Waals surface area (Å²) in [5.41, 5.74) is 1.23. The van der Waals surface area contributed by atoms with Crippen LogP contribution in [0.4, 0.5) is 0 Å². The molecule has 2 N–H and O–H groups in total. The van der Waals surface area contributed by atoms with Gasteiger partial charge < -0.3 is 15.1 Å². The van der Waals surface area contributed by atoms with E-state index in [-0.39, 0.29) is 12.0 Å². The number of hydrogen-bond donors (Lipinski definition) is 2. The Bertz CT molecular complexity index is 895. The summed E-state index contributed by atoms with van der Waals surface area (Å²) in [5.74, 6) is 6.38. The number of hydrogen-bond acceptors (Lipinski definition) is 3. The highest BCUT2D eigenvalue weighted by atomic mass is 16.3. The molecule has 5 aliphatic rings. The normalized spacial score (nSPS) is 43.3. The maximum atomic E-state index is 12.9. The van der Waals surface area contributed by atoms with Crippen LogP contribution >= 0.6 is 0 Å². The summed E-state index contributed by atoms with van der Waals surface area (Å²) in [5, 5.41) is 20.5. The summed E-state index contributed by atoms with van der Waals surface area (Å²) in [6.07, 6.45) is 20.0. The van der Waals surface area contributed by atoms with Crippen LogP contribution < -0.4 is 0 Å². The van der Waals surface area contributed by atoms with E-state index >= 15 is 0 Å². The lowest BCUT2D eigenvalue weighted by Gasteiger charge is -2.58. The molecule has 8 atom stereocenters. The van der Waals surface area contributed by atoms with E-state index in [1.165, 1.54) is 32.1 Å². The van der Waals surface area contributed by atoms with Crippen molar-refractivity contribution < 1.29 is 15.0 Å². The molecule has 1 amide bonds. The maximum absolute atomic E-state index is 12.9. The number of carbonyl (C=O) groups excluding carboxylic acids is 1. The SMILES string of the molecule is C#CC1(O)CCN(C(=O)CC[C@@H](C)[C@H]2CC[C@H]3[C@@H]4CC=C5C[C@@H](O)CC[C@]5(C)[C@H]4CC[C@]23C)CC1. The van der Waals surface area contributed by atoms with E-state index in [2.05, 4.69) is 32.8 Å². The first-order valence-corrected chi connectivity index (χ1v) is 14.5. The number of nitrogens with zero attached hydrogens (tertiary/aromatic N) is 1. The lowest BCUT2D eigenvalue weighted by Crippen LogP contribution is -2.50. The summed E-state index contributed by atoms with van der Waals surface area (Å²) >= 11 is 0. The van der Waals surface area contributed by atoms with Gasteiger partial charge in [-0.25, -0.2) is 0 Å². The second kappa shape index (κ2) is 9.21. The van der Waals surface area contributed by atoms with Crippen molar-refractivity contribution in [1.29, 1.82) is 0 Å². The van der Waals surface area contributed by atoms with Crippen molar-refractivity contribution in [1.82, 2.24) is 4.90 Å². The second-order valence-electron chi connectivity index (χ2n) is 13.5. The molecule has 5 rings (SSSR count). The lowest BCUT2D eigenvalue weighted by atomic mass is 9.47. The van der Waals surface area contributed by atoms with Gasteiger partial charge in [-0.2, -0.15) is 0 Å². The van der Waals surface area contributed by atoms with Gasteiger partial charge in [0.1, 0.15) is 5.60 Å². The summed E-state index contributed by atoms with van der Waals surface area (Å²) in [6.45, 7) is 8.64. The summed E-state index contributed by atoms with van der Waals surface area (Å²) in [6, 6.07) is 0. The van der Waals surface area contributed by atoms with Gasteiger partial charge in [0.05, 0.1) is 6.10 Å². The van der Waals surface area contributed by atoms with Gasteiger partial charge in [0.15, 0.2) is 0 Å². The summed E-state index contributed by atoms with van der Waals surface area (Å²) in [4.78, 5) is 14.8. The number of carbonyl (C=O) groups is 1. The van der Waals surface area contributed by atoms with Crippen LogP contribution in [0.5, 0.6) is 0 Å². The zero-order valence-corrected chi connectivity index (χ0v) is 22.3. The molecule has 194 valence electrons. The number of terminal acetylenes is 1. The van der Waals surface area contributed by atoms with Crippen molar-refractivity contribution >= 4 is 5.91 Å². The topological polar surface area (TPSA) is 60.8 Å². The van der Waals surface area contributed by atoms with Crippen LogP contribution in [0.15, 0.2) is 11.6 Å². The Labute approximate surface area is 212 Å². The molecule has 1 heterocycles. The summed E-state index contributed by atoms with van der Waals surface area (Å²) < 4.78 is 0. The number of rotatable bonds is 4. The van der Waals surface area contributed by atoms with E-state index in [1.54, 1.807) is 5.57 Å².